The number of allylic oxidation sites excluding steroid dienone is 3. The summed E-state index contributed by atoms with van der Waals surface area (Å²) in [6, 6.07) is 16.1. The maximum Gasteiger partial charge on any atom is 0.255 e. The van der Waals surface area contributed by atoms with Crippen molar-refractivity contribution >= 4 is 87.2 Å². The number of benzene rings is 2. The molecule has 9 N–H and O–H groups in total. The molecule has 0 unspecified atom stereocenters. The predicted molar refractivity (Wildman–Crippen MR) is 491 cm³/mol. The third-order valence-corrected chi connectivity index (χ3v) is 25.2. The van der Waals surface area contributed by atoms with Crippen molar-refractivity contribution in [2.24, 2.45) is 14.1 Å². The number of pyridine rings is 4. The fraction of sp³-hybridized carbons (Fsp3) is 0.394. The normalized spacial score (nSPS) is 19.7. The van der Waals surface area contributed by atoms with Crippen LogP contribution >= 0.6 is 0 Å². The number of fused-ring (bicyclic) bond motifs is 4. The molecular formula is C94H112F4N24O7. The van der Waals surface area contributed by atoms with E-state index in [0.29, 0.717) is 107 Å². The van der Waals surface area contributed by atoms with E-state index in [-0.39, 0.29) is 120 Å². The number of nitrogens with one attached hydrogen (secondary N) is 9. The Balaban J connectivity index is 0.000000133. The molecule has 0 bridgehead atoms. The third kappa shape index (κ3) is 20.1. The van der Waals surface area contributed by atoms with Gasteiger partial charge in [-0.25, -0.2) is 37.5 Å². The molecule has 6 aromatic heterocycles. The number of likely N-dealkylation sites (N-methyl/N-ethyl adjacent to an activating group) is 1. The molecular weight excluding hydrogens is 1650 g/mol. The number of piperidine rings is 3. The third-order valence-electron chi connectivity index (χ3n) is 25.2. The first-order chi connectivity index (χ1) is 62.3. The molecule has 5 atom stereocenters. The lowest BCUT2D eigenvalue weighted by atomic mass is 9.98. The Bertz CT molecular complexity index is 5630. The maximum atomic E-state index is 15.4. The summed E-state index contributed by atoms with van der Waals surface area (Å²) in [4.78, 5) is 94.7. The van der Waals surface area contributed by atoms with E-state index in [0.717, 1.165) is 157 Å². The molecule has 2 aromatic carbocycles. The molecule has 6 fully saturated rings. The average Bonchev–Trinajstić information content (AvgIpc) is 1.65. The first-order valence-electron chi connectivity index (χ1n) is 43.9. The van der Waals surface area contributed by atoms with Gasteiger partial charge in [0.05, 0.1) is 72.5 Å². The van der Waals surface area contributed by atoms with Gasteiger partial charge in [-0.2, -0.15) is 10.2 Å². The number of nitrogens with zero attached hydrogens (tertiary/aromatic N) is 15. The fourth-order valence-corrected chi connectivity index (χ4v) is 18.0. The van der Waals surface area contributed by atoms with E-state index in [1.165, 1.54) is 6.08 Å². The molecule has 0 saturated carbocycles. The van der Waals surface area contributed by atoms with Crippen LogP contribution in [0.1, 0.15) is 128 Å². The largest absolute Gasteiger partial charge is 0.378 e. The van der Waals surface area contributed by atoms with Crippen LogP contribution in [0.2, 0.25) is 0 Å². The zero-order valence-corrected chi connectivity index (χ0v) is 73.5. The zero-order valence-electron chi connectivity index (χ0n) is 73.5. The summed E-state index contributed by atoms with van der Waals surface area (Å²) in [7, 11) is 5.44. The molecule has 18 rings (SSSR count). The van der Waals surface area contributed by atoms with Gasteiger partial charge in [0.15, 0.2) is 46.5 Å². The van der Waals surface area contributed by atoms with Gasteiger partial charge in [0, 0.05) is 235 Å². The van der Waals surface area contributed by atoms with Gasteiger partial charge < -0.3 is 91.6 Å². The van der Waals surface area contributed by atoms with Crippen LogP contribution in [0, 0.1) is 23.3 Å². The van der Waals surface area contributed by atoms with Crippen LogP contribution in [0.25, 0.3) is 22.5 Å². The highest BCUT2D eigenvalue weighted by Crippen LogP contribution is 2.40. The molecule has 8 aromatic rings. The summed E-state index contributed by atoms with van der Waals surface area (Å²) in [6.45, 7) is 41.1. The fourth-order valence-electron chi connectivity index (χ4n) is 18.0. The van der Waals surface area contributed by atoms with Crippen molar-refractivity contribution in [1.82, 2.24) is 80.4 Å². The summed E-state index contributed by atoms with van der Waals surface area (Å²) in [6.07, 6.45) is 21.5. The number of hydrogen-bond acceptors (Lipinski definition) is 24. The van der Waals surface area contributed by atoms with Crippen molar-refractivity contribution in [2.75, 3.05) is 147 Å². The summed E-state index contributed by atoms with van der Waals surface area (Å²) in [5.74, 6) is -2.04. The lowest BCUT2D eigenvalue weighted by Crippen LogP contribution is -2.46. The predicted octanol–water partition coefficient (Wildman–Crippen LogP) is 11.9. The Morgan fingerprint density at radius 3 is 1.34 bits per heavy atom. The van der Waals surface area contributed by atoms with Crippen molar-refractivity contribution < 1.29 is 51.0 Å². The highest BCUT2D eigenvalue weighted by molar-refractivity contribution is 6.06. The minimum Gasteiger partial charge on any atom is -0.378 e. The van der Waals surface area contributed by atoms with E-state index in [1.54, 1.807) is 71.4 Å². The second-order valence-electron chi connectivity index (χ2n) is 33.6. The van der Waals surface area contributed by atoms with Crippen molar-refractivity contribution in [3.63, 3.8) is 0 Å². The lowest BCUT2D eigenvalue weighted by molar-refractivity contribution is -0.126. The van der Waals surface area contributed by atoms with Gasteiger partial charge in [0.25, 0.3) is 23.6 Å². The van der Waals surface area contributed by atoms with Crippen LogP contribution in [-0.2, 0) is 54.5 Å². The molecule has 0 radical (unpaired) electrons. The number of halogens is 4. The van der Waals surface area contributed by atoms with E-state index in [9.17, 15) is 24.0 Å². The molecule has 10 aliphatic heterocycles. The van der Waals surface area contributed by atoms with E-state index in [1.807, 2.05) is 60.5 Å². The number of aryl methyl sites for hydroxylation is 2. The first-order valence-corrected chi connectivity index (χ1v) is 43.9. The summed E-state index contributed by atoms with van der Waals surface area (Å²) >= 11 is 0. The highest BCUT2D eigenvalue weighted by atomic mass is 19.1. The number of rotatable bonds is 23. The SMILES string of the molecule is C=CC(=C)N1CCC[C@@H](N(C)c2nc(-c3cnn(C)c3)c3c(c2F)CNC3=O)C1.C=CC(=C)N1CCC[C@H](Nc2nc(Nc3ccc(N4CCOCC4)cc3)c3c(c2F)CNC3=O)C1.C=CC(=C)N1C[C@@H](Nc2nc(-c3cnn(C)c3)c3c(c2F)CNC3=O)CC[C@H]1C.C=CC(=O)N1CCCC[C@@H](Nc2nc(Nc3ccc(N4CCOCC4)cc3)c3c(c2F)CNC3=O)C1. The Labute approximate surface area is 747 Å². The van der Waals surface area contributed by atoms with E-state index in [4.69, 9.17) is 9.47 Å². The molecule has 31 nitrogen and oxygen atoms in total. The number of aromatic nitrogens is 8. The molecule has 16 heterocycles. The van der Waals surface area contributed by atoms with Crippen LogP contribution in [0.3, 0.4) is 0 Å². The molecule has 35 heteroatoms. The van der Waals surface area contributed by atoms with Crippen molar-refractivity contribution in [3.8, 4) is 22.5 Å². The van der Waals surface area contributed by atoms with Crippen LogP contribution < -0.4 is 62.6 Å². The number of ether oxygens (including phenoxy) is 2. The van der Waals surface area contributed by atoms with E-state index < -0.39 is 23.3 Å². The smallest absolute Gasteiger partial charge is 0.255 e. The quantitative estimate of drug-likeness (QED) is 0.0163. The first kappa shape index (κ1) is 90.2. The van der Waals surface area contributed by atoms with Gasteiger partial charge in [-0.1, -0.05) is 46.1 Å². The number of carbonyl (C=O) groups excluding carboxylic acids is 5. The van der Waals surface area contributed by atoms with Crippen molar-refractivity contribution in [2.45, 2.75) is 121 Å². The Kier molecular flexibility index (Phi) is 28.1. The Morgan fingerprint density at radius 1 is 0.465 bits per heavy atom. The molecule has 5 amide bonds. The number of anilines is 10. The number of likely N-dealkylation sites (tertiary alicyclic amines) is 4. The second-order valence-corrected chi connectivity index (χ2v) is 33.6. The van der Waals surface area contributed by atoms with Gasteiger partial charge in [-0.3, -0.25) is 33.3 Å². The summed E-state index contributed by atoms with van der Waals surface area (Å²) < 4.78 is 75.6. The van der Waals surface area contributed by atoms with Gasteiger partial charge in [-0.15, -0.1) is 0 Å². The topological polar surface area (TPSA) is 322 Å². The van der Waals surface area contributed by atoms with Crippen LogP contribution in [-0.4, -0.2) is 224 Å². The highest BCUT2D eigenvalue weighted by Gasteiger charge is 2.39. The molecule has 129 heavy (non-hydrogen) atoms. The number of amides is 5. The molecule has 6 saturated heterocycles. The Morgan fingerprint density at radius 2 is 0.876 bits per heavy atom. The molecule has 678 valence electrons. The van der Waals surface area contributed by atoms with Crippen LogP contribution in [0.15, 0.2) is 161 Å². The monoisotopic (exact) mass is 1760 g/mol. The Hall–Kier alpha value is -13.6. The van der Waals surface area contributed by atoms with E-state index in [2.05, 4.69) is 155 Å². The number of carbonyl (C=O) groups is 5. The van der Waals surface area contributed by atoms with Gasteiger partial charge >= 0.3 is 0 Å². The van der Waals surface area contributed by atoms with Crippen molar-refractivity contribution in [1.29, 1.82) is 0 Å². The van der Waals surface area contributed by atoms with Crippen LogP contribution in [0.5, 0.6) is 0 Å². The molecule has 0 spiro atoms. The van der Waals surface area contributed by atoms with Gasteiger partial charge in [0.1, 0.15) is 11.6 Å². The molecule has 0 aliphatic carbocycles. The van der Waals surface area contributed by atoms with Crippen molar-refractivity contribution in [3.05, 3.63) is 229 Å². The second kappa shape index (κ2) is 40.2. The van der Waals surface area contributed by atoms with Crippen LogP contribution in [0.4, 0.5) is 75.2 Å². The minimum absolute atomic E-state index is 0.00576. The average molecular weight is 1770 g/mol. The van der Waals surface area contributed by atoms with Gasteiger partial charge in [-0.05, 0) is 138 Å². The van der Waals surface area contributed by atoms with E-state index >= 15 is 17.6 Å². The maximum absolute atomic E-state index is 15.4. The summed E-state index contributed by atoms with van der Waals surface area (Å²) in [5, 5.41) is 35.4. The minimum atomic E-state index is -0.539. The number of hydrogen-bond donors (Lipinski definition) is 9. The zero-order chi connectivity index (χ0) is 90.8. The molecule has 10 aliphatic rings. The lowest BCUT2D eigenvalue weighted by Gasteiger charge is -2.40. The van der Waals surface area contributed by atoms with Gasteiger partial charge in [0.2, 0.25) is 5.91 Å². The standard InChI is InChI=1S/C26H31FN6O3.C26H31FN6O2.2C21H25FN6O/c1-2-21(34)33-10-4-3-5-18(16-33)30-25-23(27)20-15-28-26(35)22(20)24(31-25)29-17-6-8-19(9-7-17)32-11-13-36-14-12-32;1-3-17(2)33-10-4-5-19(16-33)30-25-23(27)21-15-28-26(34)22(21)24(31-25)29-18-6-8-20(9-7-18)32-11-13-35-14-12-32;1-5-12(2)28-11-15(7-6-13(28)3)25-20-18(22)16-9-23-21(29)17(16)19(26-20)14-8-24-27(4)10-14;1-5-13(2)28-8-6-7-15(12-28)27(4)20-18(22)16-10-23-21(29)17(16)19(25-20)14-9-24-26(3)11-14/h2,6-9,18H,1,3-5,10-16H2,(H,28,35)(H2,29,30,31);3,6-9,19H,1-2,4-5,10-16H2,(H,28,34)(H2,29,30,31);5,8,10,13,15H,1-2,6-7,9,11H2,3-4H3,(H,23,29)(H,25,26);5,9,11,15H,1-2,6-8,10,12H2,3-4H3,(H,23,29)/t18-;19-;13-,15+;15-/m1011/s1. The summed E-state index contributed by atoms with van der Waals surface area (Å²) in [5.41, 5.74) is 11.0. The number of morpholine rings is 2.